The van der Waals surface area contributed by atoms with Gasteiger partial charge in [-0.2, -0.15) is 0 Å². The topological polar surface area (TPSA) is 26.0 Å². The Morgan fingerprint density at radius 3 is 2.06 bits per heavy atom. The molecule has 0 bridgehead atoms. The van der Waals surface area contributed by atoms with Crippen LogP contribution in [-0.2, 0) is 0 Å². The SMILES string of the molecule is CCCCC(C)CCC(C)C(CN)CCC. The predicted molar refractivity (Wildman–Crippen MR) is 74.5 cm³/mol. The van der Waals surface area contributed by atoms with E-state index < -0.39 is 0 Å². The third kappa shape index (κ3) is 7.27. The lowest BCUT2D eigenvalue weighted by Gasteiger charge is -2.23. The predicted octanol–water partition coefficient (Wildman–Crippen LogP) is 4.60. The van der Waals surface area contributed by atoms with E-state index in [0.29, 0.717) is 0 Å². The molecule has 0 aliphatic rings. The van der Waals surface area contributed by atoms with Crippen molar-refractivity contribution in [3.05, 3.63) is 0 Å². The fourth-order valence-electron chi connectivity index (χ4n) is 2.49. The maximum Gasteiger partial charge on any atom is -0.00463 e. The lowest BCUT2D eigenvalue weighted by molar-refractivity contribution is 0.295. The molecule has 1 nitrogen and oxygen atoms in total. The van der Waals surface area contributed by atoms with Crippen LogP contribution in [0.15, 0.2) is 0 Å². The van der Waals surface area contributed by atoms with Crippen molar-refractivity contribution in [3.63, 3.8) is 0 Å². The average Bonchev–Trinajstić information content (AvgIpc) is 2.30. The smallest absolute Gasteiger partial charge is 0.00463 e. The van der Waals surface area contributed by atoms with Crippen molar-refractivity contribution >= 4 is 0 Å². The molecular weight excluding hydrogens is 194 g/mol. The maximum atomic E-state index is 5.85. The van der Waals surface area contributed by atoms with Crippen molar-refractivity contribution in [2.75, 3.05) is 6.54 Å². The van der Waals surface area contributed by atoms with Gasteiger partial charge in [-0.3, -0.25) is 0 Å². The van der Waals surface area contributed by atoms with E-state index in [2.05, 4.69) is 27.7 Å². The van der Waals surface area contributed by atoms with Crippen LogP contribution in [0.4, 0.5) is 0 Å². The molecule has 0 radical (unpaired) electrons. The standard InChI is InChI=1S/C15H33N/c1-5-7-9-13(3)10-11-14(4)15(12-16)8-6-2/h13-15H,5-12,16H2,1-4H3. The largest absolute Gasteiger partial charge is 0.330 e. The van der Waals surface area contributed by atoms with Gasteiger partial charge in [-0.05, 0) is 30.7 Å². The summed E-state index contributed by atoms with van der Waals surface area (Å²) in [7, 11) is 0. The van der Waals surface area contributed by atoms with Gasteiger partial charge in [0.2, 0.25) is 0 Å². The van der Waals surface area contributed by atoms with Crippen LogP contribution in [-0.4, -0.2) is 6.54 Å². The Balaban J connectivity index is 3.72. The summed E-state index contributed by atoms with van der Waals surface area (Å²) in [5.41, 5.74) is 5.85. The quantitative estimate of drug-likeness (QED) is 0.580. The Morgan fingerprint density at radius 2 is 1.56 bits per heavy atom. The van der Waals surface area contributed by atoms with Gasteiger partial charge in [0.15, 0.2) is 0 Å². The van der Waals surface area contributed by atoms with E-state index in [0.717, 1.165) is 24.3 Å². The van der Waals surface area contributed by atoms with Gasteiger partial charge in [0, 0.05) is 0 Å². The summed E-state index contributed by atoms with van der Waals surface area (Å²) in [5, 5.41) is 0. The zero-order valence-electron chi connectivity index (χ0n) is 12.0. The Kier molecular flexibility index (Phi) is 10.1. The number of unbranched alkanes of at least 4 members (excludes halogenated alkanes) is 1. The van der Waals surface area contributed by atoms with E-state index in [-0.39, 0.29) is 0 Å². The molecule has 2 N–H and O–H groups in total. The van der Waals surface area contributed by atoms with Gasteiger partial charge in [0.05, 0.1) is 0 Å². The highest BCUT2D eigenvalue weighted by atomic mass is 14.6. The Hall–Kier alpha value is -0.0400. The molecule has 0 rings (SSSR count). The number of hydrogen-bond acceptors (Lipinski definition) is 1. The summed E-state index contributed by atoms with van der Waals surface area (Å²) in [6.07, 6.45) is 9.48. The zero-order valence-corrected chi connectivity index (χ0v) is 12.0. The molecule has 3 atom stereocenters. The zero-order chi connectivity index (χ0) is 12.4. The minimum absolute atomic E-state index is 0.753. The van der Waals surface area contributed by atoms with Crippen LogP contribution in [0.5, 0.6) is 0 Å². The third-order valence-corrected chi connectivity index (χ3v) is 3.93. The normalized spacial score (nSPS) is 17.1. The van der Waals surface area contributed by atoms with Gasteiger partial charge in [0.1, 0.15) is 0 Å². The van der Waals surface area contributed by atoms with E-state index in [1.54, 1.807) is 0 Å². The lowest BCUT2D eigenvalue weighted by Crippen LogP contribution is -2.22. The molecule has 0 saturated heterocycles. The van der Waals surface area contributed by atoms with Crippen LogP contribution in [0.25, 0.3) is 0 Å². The van der Waals surface area contributed by atoms with Gasteiger partial charge in [-0.1, -0.05) is 66.2 Å². The van der Waals surface area contributed by atoms with Crippen molar-refractivity contribution in [3.8, 4) is 0 Å². The van der Waals surface area contributed by atoms with E-state index in [1.807, 2.05) is 0 Å². The molecule has 0 saturated carbocycles. The van der Waals surface area contributed by atoms with Crippen molar-refractivity contribution in [2.24, 2.45) is 23.5 Å². The molecule has 0 spiro atoms. The van der Waals surface area contributed by atoms with Gasteiger partial charge < -0.3 is 5.73 Å². The monoisotopic (exact) mass is 227 g/mol. The number of hydrogen-bond donors (Lipinski definition) is 1. The van der Waals surface area contributed by atoms with Gasteiger partial charge in [-0.25, -0.2) is 0 Å². The molecule has 0 aromatic heterocycles. The molecule has 3 unspecified atom stereocenters. The molecule has 0 aromatic carbocycles. The molecule has 0 aromatic rings. The first-order valence-electron chi connectivity index (χ1n) is 7.35. The van der Waals surface area contributed by atoms with Crippen molar-refractivity contribution in [2.45, 2.75) is 72.6 Å². The van der Waals surface area contributed by atoms with Gasteiger partial charge >= 0.3 is 0 Å². The second-order valence-corrected chi connectivity index (χ2v) is 5.59. The summed E-state index contributed by atoms with van der Waals surface area (Å²) < 4.78 is 0. The Labute approximate surface area is 103 Å². The lowest BCUT2D eigenvalue weighted by atomic mass is 9.84. The van der Waals surface area contributed by atoms with Crippen molar-refractivity contribution in [1.82, 2.24) is 0 Å². The maximum absolute atomic E-state index is 5.85. The number of nitrogens with two attached hydrogens (primary N) is 1. The minimum Gasteiger partial charge on any atom is -0.330 e. The first-order chi connectivity index (χ1) is 7.65. The molecule has 0 heterocycles. The van der Waals surface area contributed by atoms with E-state index in [9.17, 15) is 0 Å². The molecule has 16 heavy (non-hydrogen) atoms. The average molecular weight is 227 g/mol. The molecule has 0 aliphatic heterocycles. The third-order valence-electron chi connectivity index (χ3n) is 3.93. The van der Waals surface area contributed by atoms with Gasteiger partial charge in [0.25, 0.3) is 0 Å². The first-order valence-corrected chi connectivity index (χ1v) is 7.35. The summed E-state index contributed by atoms with van der Waals surface area (Å²) in [5.74, 6) is 2.47. The fourth-order valence-corrected chi connectivity index (χ4v) is 2.49. The molecule has 0 aliphatic carbocycles. The van der Waals surface area contributed by atoms with E-state index in [4.69, 9.17) is 5.73 Å². The van der Waals surface area contributed by atoms with Crippen LogP contribution in [0.2, 0.25) is 0 Å². The Morgan fingerprint density at radius 1 is 0.875 bits per heavy atom. The molecule has 98 valence electrons. The Bertz CT molecular complexity index is 144. The van der Waals surface area contributed by atoms with E-state index in [1.165, 1.54) is 44.9 Å². The first kappa shape index (κ1) is 16.0. The van der Waals surface area contributed by atoms with Crippen LogP contribution < -0.4 is 5.73 Å². The molecular formula is C15H33N. The van der Waals surface area contributed by atoms with E-state index >= 15 is 0 Å². The second kappa shape index (κ2) is 10.1. The highest BCUT2D eigenvalue weighted by molar-refractivity contribution is 4.68. The molecule has 0 amide bonds. The summed E-state index contributed by atoms with van der Waals surface area (Å²) in [6, 6.07) is 0. The van der Waals surface area contributed by atoms with Crippen molar-refractivity contribution in [1.29, 1.82) is 0 Å². The number of rotatable bonds is 10. The van der Waals surface area contributed by atoms with Crippen molar-refractivity contribution < 1.29 is 0 Å². The van der Waals surface area contributed by atoms with Crippen LogP contribution in [0, 0.1) is 17.8 Å². The molecule has 0 fully saturated rings. The highest BCUT2D eigenvalue weighted by Crippen LogP contribution is 2.24. The van der Waals surface area contributed by atoms with Crippen LogP contribution in [0.3, 0.4) is 0 Å². The summed E-state index contributed by atoms with van der Waals surface area (Å²) >= 11 is 0. The second-order valence-electron chi connectivity index (χ2n) is 5.59. The highest BCUT2D eigenvalue weighted by Gasteiger charge is 2.15. The molecule has 1 heteroatoms. The summed E-state index contributed by atoms with van der Waals surface area (Å²) in [4.78, 5) is 0. The minimum atomic E-state index is 0.753. The van der Waals surface area contributed by atoms with Crippen LogP contribution >= 0.6 is 0 Å². The van der Waals surface area contributed by atoms with Crippen LogP contribution in [0.1, 0.15) is 72.6 Å². The fraction of sp³-hybridized carbons (Fsp3) is 1.00. The summed E-state index contributed by atoms with van der Waals surface area (Å²) in [6.45, 7) is 10.2. The van der Waals surface area contributed by atoms with Gasteiger partial charge in [-0.15, -0.1) is 0 Å².